The van der Waals surface area contributed by atoms with E-state index in [0.717, 1.165) is 19.4 Å². The lowest BCUT2D eigenvalue weighted by molar-refractivity contribution is 0.0928. The number of methoxy groups -OCH3 is 2. The molecule has 0 bridgehead atoms. The molecule has 35 heavy (non-hydrogen) atoms. The van der Waals surface area contributed by atoms with Gasteiger partial charge in [0, 0.05) is 20.2 Å². The second-order valence-electron chi connectivity index (χ2n) is 8.03. The summed E-state index contributed by atoms with van der Waals surface area (Å²) in [6.45, 7) is 3.51. The Morgan fingerprint density at radius 2 is 2.09 bits per heavy atom. The molecule has 4 rings (SSSR count). The van der Waals surface area contributed by atoms with Gasteiger partial charge in [0.1, 0.15) is 10.9 Å². The Morgan fingerprint density at radius 1 is 1.29 bits per heavy atom. The maximum atomic E-state index is 13.1. The highest BCUT2D eigenvalue weighted by atomic mass is 32.1. The molecule has 0 aliphatic carbocycles. The number of nitrogens with zero attached hydrogens (tertiary/aromatic N) is 5. The van der Waals surface area contributed by atoms with Crippen LogP contribution in [0, 0.1) is 18.3 Å². The fraction of sp³-hybridized carbons (Fsp3) is 0.375. The van der Waals surface area contributed by atoms with Gasteiger partial charge in [-0.15, -0.1) is 0 Å². The smallest absolute Gasteiger partial charge is 0.274 e. The van der Waals surface area contributed by atoms with Crippen LogP contribution >= 0.6 is 11.3 Å². The number of nitriles is 1. The normalized spacial score (nSPS) is 15.0. The van der Waals surface area contributed by atoms with Crippen molar-refractivity contribution in [2.75, 3.05) is 44.1 Å². The monoisotopic (exact) mass is 493 g/mol. The lowest BCUT2D eigenvalue weighted by atomic mass is 10.0. The standard InChI is InChI=1S/C24H27N7O3S/c1-15-6-8-16(9-7-15)18-5-4-11-31(18)23-28-19(22(32)26-10-12-33-2)20(34-3)21(29-23)30-24-27-14-17(13-25)35-24/h6-9,14,18H,4-5,10-12H2,1-3H3,(H,26,32)(H,27,28,29,30). The summed E-state index contributed by atoms with van der Waals surface area (Å²) in [6.07, 6.45) is 3.41. The molecule has 3 heterocycles. The predicted molar refractivity (Wildman–Crippen MR) is 133 cm³/mol. The van der Waals surface area contributed by atoms with E-state index in [4.69, 9.17) is 19.7 Å². The number of carbonyl (C=O) groups is 1. The summed E-state index contributed by atoms with van der Waals surface area (Å²) in [5.74, 6) is 0.533. The summed E-state index contributed by atoms with van der Waals surface area (Å²) in [5.41, 5.74) is 2.48. The zero-order chi connectivity index (χ0) is 24.8. The lowest BCUT2D eigenvalue weighted by Gasteiger charge is -2.26. The molecule has 1 saturated heterocycles. The number of amides is 1. The summed E-state index contributed by atoms with van der Waals surface area (Å²) in [7, 11) is 3.03. The van der Waals surface area contributed by atoms with Crippen molar-refractivity contribution in [2.45, 2.75) is 25.8 Å². The molecule has 2 N–H and O–H groups in total. The molecule has 182 valence electrons. The van der Waals surface area contributed by atoms with E-state index in [2.05, 4.69) is 62.8 Å². The molecule has 1 aliphatic heterocycles. The number of thiazole rings is 1. The van der Waals surface area contributed by atoms with Crippen LogP contribution in [0.25, 0.3) is 0 Å². The van der Waals surface area contributed by atoms with Gasteiger partial charge in [0.05, 0.1) is 26.0 Å². The van der Waals surface area contributed by atoms with Crippen LogP contribution in [0.4, 0.5) is 16.9 Å². The fourth-order valence-corrected chi connectivity index (χ4v) is 4.59. The molecule has 1 fully saturated rings. The van der Waals surface area contributed by atoms with Gasteiger partial charge in [0.15, 0.2) is 22.4 Å². The van der Waals surface area contributed by atoms with Gasteiger partial charge in [-0.2, -0.15) is 10.2 Å². The quantitative estimate of drug-likeness (QED) is 0.430. The first-order valence-electron chi connectivity index (χ1n) is 11.2. The summed E-state index contributed by atoms with van der Waals surface area (Å²) >= 11 is 1.18. The largest absolute Gasteiger partial charge is 0.491 e. The van der Waals surface area contributed by atoms with Gasteiger partial charge in [-0.25, -0.2) is 9.97 Å². The highest BCUT2D eigenvalue weighted by Crippen LogP contribution is 2.38. The number of carbonyl (C=O) groups excluding carboxylic acids is 1. The molecular formula is C24H27N7O3S. The number of aryl methyl sites for hydroxylation is 1. The van der Waals surface area contributed by atoms with Crippen molar-refractivity contribution in [1.82, 2.24) is 20.3 Å². The molecule has 0 saturated carbocycles. The van der Waals surface area contributed by atoms with E-state index >= 15 is 0 Å². The summed E-state index contributed by atoms with van der Waals surface area (Å²) in [4.78, 5) is 29.3. The molecule has 10 nitrogen and oxygen atoms in total. The molecule has 1 atom stereocenters. The molecular weight excluding hydrogens is 466 g/mol. The van der Waals surface area contributed by atoms with Gasteiger partial charge in [-0.3, -0.25) is 4.79 Å². The number of ether oxygens (including phenoxy) is 2. The zero-order valence-corrected chi connectivity index (χ0v) is 20.7. The number of hydrogen-bond donors (Lipinski definition) is 2. The van der Waals surface area contributed by atoms with Gasteiger partial charge in [-0.05, 0) is 25.3 Å². The van der Waals surface area contributed by atoms with Crippen molar-refractivity contribution < 1.29 is 14.3 Å². The number of anilines is 3. The maximum Gasteiger partial charge on any atom is 0.274 e. The van der Waals surface area contributed by atoms with Crippen LogP contribution in [0.15, 0.2) is 30.5 Å². The highest BCUT2D eigenvalue weighted by molar-refractivity contribution is 7.16. The predicted octanol–water partition coefficient (Wildman–Crippen LogP) is 3.58. The number of rotatable bonds is 9. The fourth-order valence-electron chi connectivity index (χ4n) is 3.98. The maximum absolute atomic E-state index is 13.1. The molecule has 0 spiro atoms. The third-order valence-corrected chi connectivity index (χ3v) is 6.50. The van der Waals surface area contributed by atoms with Crippen LogP contribution < -0.4 is 20.3 Å². The highest BCUT2D eigenvalue weighted by Gasteiger charge is 2.31. The Morgan fingerprint density at radius 3 is 2.77 bits per heavy atom. The topological polar surface area (TPSA) is 125 Å². The van der Waals surface area contributed by atoms with Crippen molar-refractivity contribution in [1.29, 1.82) is 5.26 Å². The first kappa shape index (κ1) is 24.4. The van der Waals surface area contributed by atoms with Crippen molar-refractivity contribution in [3.63, 3.8) is 0 Å². The van der Waals surface area contributed by atoms with E-state index in [1.807, 2.05) is 0 Å². The Balaban J connectivity index is 1.75. The SMILES string of the molecule is COCCNC(=O)c1nc(N2CCCC2c2ccc(C)cc2)nc(Nc2ncc(C#N)s2)c1OC. The van der Waals surface area contributed by atoms with Crippen LogP contribution in [0.1, 0.15) is 45.4 Å². The second kappa shape index (κ2) is 11.1. The minimum absolute atomic E-state index is 0.0892. The average molecular weight is 494 g/mol. The van der Waals surface area contributed by atoms with Gasteiger partial charge in [-0.1, -0.05) is 41.2 Å². The van der Waals surface area contributed by atoms with Crippen molar-refractivity contribution >= 4 is 34.1 Å². The van der Waals surface area contributed by atoms with E-state index in [9.17, 15) is 4.79 Å². The average Bonchev–Trinajstić information content (AvgIpc) is 3.54. The van der Waals surface area contributed by atoms with Gasteiger partial charge >= 0.3 is 0 Å². The third-order valence-electron chi connectivity index (χ3n) is 5.68. The third kappa shape index (κ3) is 5.50. The molecule has 2 aromatic heterocycles. The van der Waals surface area contributed by atoms with Crippen LogP contribution in [-0.2, 0) is 4.74 Å². The lowest BCUT2D eigenvalue weighted by Crippen LogP contribution is -2.30. The first-order valence-corrected chi connectivity index (χ1v) is 12.0. The van der Waals surface area contributed by atoms with Crippen LogP contribution in [0.2, 0.25) is 0 Å². The molecule has 0 radical (unpaired) electrons. The number of benzene rings is 1. The number of aromatic nitrogens is 3. The number of nitrogens with one attached hydrogen (secondary N) is 2. The number of hydrogen-bond acceptors (Lipinski definition) is 10. The zero-order valence-electron chi connectivity index (χ0n) is 19.9. The molecule has 1 aromatic carbocycles. The van der Waals surface area contributed by atoms with Crippen molar-refractivity contribution in [2.24, 2.45) is 0 Å². The minimum Gasteiger partial charge on any atom is -0.491 e. The Hall–Kier alpha value is -3.75. The minimum atomic E-state index is -0.395. The first-order chi connectivity index (χ1) is 17.0. The molecule has 1 amide bonds. The van der Waals surface area contributed by atoms with E-state index in [1.54, 1.807) is 7.11 Å². The summed E-state index contributed by atoms with van der Waals surface area (Å²) in [5, 5.41) is 15.5. The molecule has 11 heteroatoms. The van der Waals surface area contributed by atoms with Crippen LogP contribution in [0.3, 0.4) is 0 Å². The second-order valence-corrected chi connectivity index (χ2v) is 9.06. The van der Waals surface area contributed by atoms with Gasteiger partial charge in [0.2, 0.25) is 5.95 Å². The van der Waals surface area contributed by atoms with Crippen molar-refractivity contribution in [3.8, 4) is 11.8 Å². The van der Waals surface area contributed by atoms with Gasteiger partial charge in [0.25, 0.3) is 5.91 Å². The Bertz CT molecular complexity index is 1220. The van der Waals surface area contributed by atoms with E-state index < -0.39 is 5.91 Å². The summed E-state index contributed by atoms with van der Waals surface area (Å²) < 4.78 is 10.6. The van der Waals surface area contributed by atoms with Gasteiger partial charge < -0.3 is 25.0 Å². The Kier molecular flexibility index (Phi) is 7.74. The summed E-state index contributed by atoms with van der Waals surface area (Å²) in [6, 6.07) is 10.6. The van der Waals surface area contributed by atoms with Crippen LogP contribution in [-0.4, -0.2) is 54.8 Å². The van der Waals surface area contributed by atoms with Crippen LogP contribution in [0.5, 0.6) is 5.75 Å². The molecule has 1 unspecified atom stereocenters. The van der Waals surface area contributed by atoms with Crippen molar-refractivity contribution in [3.05, 3.63) is 52.2 Å². The van der Waals surface area contributed by atoms with E-state index in [1.165, 1.54) is 35.8 Å². The molecule has 1 aliphatic rings. The molecule has 3 aromatic rings. The van der Waals surface area contributed by atoms with E-state index in [0.29, 0.717) is 34.9 Å². The van der Waals surface area contributed by atoms with E-state index in [-0.39, 0.29) is 17.5 Å². The Labute approximate surface area is 207 Å².